The van der Waals surface area contributed by atoms with Gasteiger partial charge in [0.05, 0.1) is 11.4 Å². The fraction of sp³-hybridized carbons (Fsp3) is 0.130. The Morgan fingerprint density at radius 1 is 1.08 bits per heavy atom. The quantitative estimate of drug-likeness (QED) is 0.527. The second-order valence-electron chi connectivity index (χ2n) is 6.45. The van der Waals surface area contributed by atoms with Gasteiger partial charge in [0.15, 0.2) is 0 Å². The summed E-state index contributed by atoms with van der Waals surface area (Å²) in [6, 6.07) is 20.1. The third kappa shape index (κ3) is 4.25. The summed E-state index contributed by atoms with van der Waals surface area (Å²) in [5, 5.41) is 0. The molecule has 0 amide bonds. The molecular weight excluding hydrogens is 318 g/mol. The molecule has 130 valence electrons. The zero-order valence-corrected chi connectivity index (χ0v) is 15.2. The van der Waals surface area contributed by atoms with Crippen molar-refractivity contribution >= 4 is 17.6 Å². The van der Waals surface area contributed by atoms with Crippen LogP contribution in [0.15, 0.2) is 72.2 Å². The van der Waals surface area contributed by atoms with E-state index >= 15 is 0 Å². The number of aryl methyl sites for hydroxylation is 2. The Morgan fingerprint density at radius 3 is 2.65 bits per heavy atom. The van der Waals surface area contributed by atoms with Crippen molar-refractivity contribution in [2.24, 2.45) is 4.99 Å². The molecule has 0 fully saturated rings. The summed E-state index contributed by atoms with van der Waals surface area (Å²) in [4.78, 5) is 9.16. The van der Waals surface area contributed by atoms with Crippen molar-refractivity contribution in [2.45, 2.75) is 20.3 Å². The number of hydrogen-bond acceptors (Lipinski definition) is 3. The minimum atomic E-state index is 0.621. The average molecular weight is 341 g/mol. The Kier molecular flexibility index (Phi) is 5.28. The molecule has 0 spiro atoms. The maximum Gasteiger partial charge on any atom is 0.0883 e. The van der Waals surface area contributed by atoms with Crippen molar-refractivity contribution in [3.05, 3.63) is 101 Å². The lowest BCUT2D eigenvalue weighted by atomic mass is 10.0. The van der Waals surface area contributed by atoms with E-state index in [1.54, 1.807) is 6.21 Å². The molecular formula is C23H23N3. The molecule has 0 bridgehead atoms. The summed E-state index contributed by atoms with van der Waals surface area (Å²) < 4.78 is 0. The Hall–Kier alpha value is -3.20. The van der Waals surface area contributed by atoms with Crippen molar-refractivity contribution in [3.8, 4) is 0 Å². The van der Waals surface area contributed by atoms with Crippen molar-refractivity contribution in [2.75, 3.05) is 5.73 Å². The second kappa shape index (κ2) is 7.79. The van der Waals surface area contributed by atoms with E-state index in [9.17, 15) is 0 Å². The number of nitrogens with two attached hydrogens (primary N) is 1. The fourth-order valence-electron chi connectivity index (χ4n) is 2.82. The number of para-hydroxylation sites is 1. The Morgan fingerprint density at radius 2 is 1.88 bits per heavy atom. The van der Waals surface area contributed by atoms with Gasteiger partial charge in [-0.3, -0.25) is 9.98 Å². The number of hydrogen-bond donors (Lipinski definition) is 1. The lowest BCUT2D eigenvalue weighted by molar-refractivity contribution is 1.04. The fourth-order valence-corrected chi connectivity index (χ4v) is 2.82. The number of aromatic nitrogens is 1. The highest BCUT2D eigenvalue weighted by Crippen LogP contribution is 2.17. The topological polar surface area (TPSA) is 51.3 Å². The highest BCUT2D eigenvalue weighted by molar-refractivity contribution is 5.89. The smallest absolute Gasteiger partial charge is 0.0883 e. The van der Waals surface area contributed by atoms with E-state index in [1.807, 2.05) is 42.5 Å². The van der Waals surface area contributed by atoms with Gasteiger partial charge in [0.25, 0.3) is 0 Å². The van der Waals surface area contributed by atoms with E-state index < -0.39 is 0 Å². The van der Waals surface area contributed by atoms with E-state index in [0.717, 1.165) is 23.4 Å². The van der Waals surface area contributed by atoms with Gasteiger partial charge in [-0.2, -0.15) is 0 Å². The summed E-state index contributed by atoms with van der Waals surface area (Å²) in [5.74, 6) is 0. The highest BCUT2D eigenvalue weighted by Gasteiger charge is 2.05. The predicted octanol–water partition coefficient (Wildman–Crippen LogP) is 4.96. The molecule has 1 aromatic heterocycles. The van der Waals surface area contributed by atoms with Gasteiger partial charge in [-0.05, 0) is 43.2 Å². The molecule has 0 aliphatic heterocycles. The zero-order chi connectivity index (χ0) is 18.5. The Bertz CT molecular complexity index is 971. The first-order chi connectivity index (χ1) is 12.5. The van der Waals surface area contributed by atoms with E-state index in [0.29, 0.717) is 11.4 Å². The summed E-state index contributed by atoms with van der Waals surface area (Å²) in [6.07, 6.45) is 2.53. The van der Waals surface area contributed by atoms with Crippen molar-refractivity contribution in [3.63, 3.8) is 0 Å². The molecule has 1 heterocycles. The molecule has 0 unspecified atom stereocenters. The van der Waals surface area contributed by atoms with Crippen LogP contribution >= 0.6 is 0 Å². The van der Waals surface area contributed by atoms with Gasteiger partial charge in [-0.1, -0.05) is 54.6 Å². The van der Waals surface area contributed by atoms with Crippen LogP contribution in [0.2, 0.25) is 0 Å². The third-order valence-corrected chi connectivity index (χ3v) is 4.33. The minimum Gasteiger partial charge on any atom is -0.398 e. The number of pyridine rings is 1. The van der Waals surface area contributed by atoms with E-state index in [2.05, 4.69) is 43.6 Å². The Balaban J connectivity index is 1.78. The summed E-state index contributed by atoms with van der Waals surface area (Å²) >= 11 is 0. The van der Waals surface area contributed by atoms with Gasteiger partial charge in [-0.25, -0.2) is 0 Å². The molecule has 0 radical (unpaired) electrons. The molecule has 0 saturated heterocycles. The summed E-state index contributed by atoms with van der Waals surface area (Å²) in [6.45, 7) is 8.29. The maximum absolute atomic E-state index is 5.94. The van der Waals surface area contributed by atoms with Gasteiger partial charge in [-0.15, -0.1) is 0 Å². The van der Waals surface area contributed by atoms with Crippen LogP contribution < -0.4 is 5.73 Å². The van der Waals surface area contributed by atoms with Crippen LogP contribution in [0, 0.1) is 13.8 Å². The number of aliphatic imine (C=N–C) groups is 1. The molecule has 0 aliphatic rings. The van der Waals surface area contributed by atoms with Crippen molar-refractivity contribution in [1.82, 2.24) is 4.98 Å². The molecule has 2 aromatic carbocycles. The number of benzene rings is 2. The van der Waals surface area contributed by atoms with E-state index in [-0.39, 0.29) is 0 Å². The number of nitrogens with zero attached hydrogens (tertiary/aromatic N) is 2. The van der Waals surface area contributed by atoms with Crippen LogP contribution in [-0.2, 0) is 6.42 Å². The Labute approximate surface area is 155 Å². The summed E-state index contributed by atoms with van der Waals surface area (Å²) in [5.41, 5.74) is 13.8. The van der Waals surface area contributed by atoms with Gasteiger partial charge in [0, 0.05) is 29.6 Å². The number of anilines is 1. The SMILES string of the molecule is C=C(/N=C\c1ccccc1N)c1cccc(Cc2ccc(C)cc2C)n1. The average Bonchev–Trinajstić information content (AvgIpc) is 2.63. The predicted molar refractivity (Wildman–Crippen MR) is 110 cm³/mol. The van der Waals surface area contributed by atoms with E-state index in [1.165, 1.54) is 16.7 Å². The molecule has 2 N–H and O–H groups in total. The lowest BCUT2D eigenvalue weighted by Gasteiger charge is -2.08. The maximum atomic E-state index is 5.94. The molecule has 0 saturated carbocycles. The normalized spacial score (nSPS) is 11.0. The van der Waals surface area contributed by atoms with Gasteiger partial charge < -0.3 is 5.73 Å². The molecule has 3 rings (SSSR count). The number of nitrogen functional groups attached to an aromatic ring is 1. The minimum absolute atomic E-state index is 0.621. The summed E-state index contributed by atoms with van der Waals surface area (Å²) in [7, 11) is 0. The molecule has 3 heteroatoms. The first-order valence-electron chi connectivity index (χ1n) is 8.63. The van der Waals surface area contributed by atoms with Gasteiger partial charge >= 0.3 is 0 Å². The molecule has 0 aliphatic carbocycles. The molecule has 26 heavy (non-hydrogen) atoms. The zero-order valence-electron chi connectivity index (χ0n) is 15.2. The van der Waals surface area contributed by atoms with E-state index in [4.69, 9.17) is 10.7 Å². The molecule has 3 aromatic rings. The standard InChI is InChI=1S/C23H23N3/c1-16-11-12-19(17(2)13-16)14-21-8-6-10-23(26-21)18(3)25-15-20-7-4-5-9-22(20)24/h4-13,15H,3,14,24H2,1-2H3/b25-15-. The molecule has 3 nitrogen and oxygen atoms in total. The van der Waals surface area contributed by atoms with Crippen LogP contribution in [0.25, 0.3) is 5.70 Å². The monoisotopic (exact) mass is 341 g/mol. The van der Waals surface area contributed by atoms with Crippen LogP contribution in [0.3, 0.4) is 0 Å². The van der Waals surface area contributed by atoms with Crippen LogP contribution in [0.5, 0.6) is 0 Å². The number of rotatable bonds is 5. The van der Waals surface area contributed by atoms with Crippen LogP contribution in [-0.4, -0.2) is 11.2 Å². The van der Waals surface area contributed by atoms with Crippen LogP contribution in [0.1, 0.15) is 33.6 Å². The van der Waals surface area contributed by atoms with Crippen molar-refractivity contribution in [1.29, 1.82) is 0 Å². The lowest BCUT2D eigenvalue weighted by Crippen LogP contribution is -1.98. The molecule has 0 atom stereocenters. The first-order valence-corrected chi connectivity index (χ1v) is 8.63. The van der Waals surface area contributed by atoms with Crippen molar-refractivity contribution < 1.29 is 0 Å². The largest absolute Gasteiger partial charge is 0.398 e. The van der Waals surface area contributed by atoms with Crippen LogP contribution in [0.4, 0.5) is 5.69 Å². The highest BCUT2D eigenvalue weighted by atomic mass is 14.8. The third-order valence-electron chi connectivity index (χ3n) is 4.33. The van der Waals surface area contributed by atoms with Gasteiger partial charge in [0.2, 0.25) is 0 Å². The van der Waals surface area contributed by atoms with Gasteiger partial charge in [0.1, 0.15) is 0 Å². The first kappa shape index (κ1) is 17.6. The second-order valence-corrected chi connectivity index (χ2v) is 6.45.